The highest BCUT2D eigenvalue weighted by Crippen LogP contribution is 2.33. The predicted molar refractivity (Wildman–Crippen MR) is 269 cm³/mol. The third kappa shape index (κ3) is 18.2. The van der Waals surface area contributed by atoms with E-state index >= 15 is 0 Å². The molecule has 5 aromatic rings. The number of hydrogen-bond donors (Lipinski definition) is 5. The molecule has 380 valence electrons. The number of hydrogen-bond acceptors (Lipinski definition) is 10. The first-order valence-electron chi connectivity index (χ1n) is 24.3. The number of pyridine rings is 2. The van der Waals surface area contributed by atoms with Gasteiger partial charge in [-0.1, -0.05) is 75.6 Å². The van der Waals surface area contributed by atoms with Crippen molar-refractivity contribution in [2.75, 3.05) is 32.1 Å². The van der Waals surface area contributed by atoms with Gasteiger partial charge in [-0.25, -0.2) is 4.98 Å². The van der Waals surface area contributed by atoms with Crippen LogP contribution in [0, 0.1) is 5.92 Å². The van der Waals surface area contributed by atoms with E-state index in [2.05, 4.69) is 46.9 Å². The van der Waals surface area contributed by atoms with Crippen LogP contribution in [-0.4, -0.2) is 81.1 Å². The van der Waals surface area contributed by atoms with Gasteiger partial charge in [-0.15, -0.1) is 0 Å². The molecule has 1 saturated carbocycles. The normalized spacial score (nSPS) is 13.4. The van der Waals surface area contributed by atoms with Gasteiger partial charge in [-0.05, 0) is 132 Å². The number of alkyl halides is 3. The summed E-state index contributed by atoms with van der Waals surface area (Å²) in [7, 11) is 1.25. The summed E-state index contributed by atoms with van der Waals surface area (Å²) < 4.78 is 43.0. The van der Waals surface area contributed by atoms with Gasteiger partial charge in [0.15, 0.2) is 0 Å². The van der Waals surface area contributed by atoms with Crippen LogP contribution in [0.1, 0.15) is 135 Å². The highest BCUT2D eigenvalue weighted by Gasteiger charge is 2.33. The van der Waals surface area contributed by atoms with Crippen molar-refractivity contribution in [1.82, 2.24) is 35.7 Å². The maximum atomic E-state index is 13.1. The van der Waals surface area contributed by atoms with Crippen molar-refractivity contribution in [2.45, 2.75) is 116 Å². The number of carbonyl (C=O) groups is 4. The minimum atomic E-state index is -4.65. The van der Waals surface area contributed by atoms with Gasteiger partial charge in [0, 0.05) is 46.4 Å². The Balaban J connectivity index is 0.000000304. The summed E-state index contributed by atoms with van der Waals surface area (Å²) >= 11 is 0. The standard InChI is InChI=1S/C37H52N4O4.C17H15F3N4O2/c1-3-15-35(27-41(29-42)28-36(43)45-2)40-37(44)33-20-14-19-32(23-33)34-22-31(25-39-26-34)18-10-7-5-4-6-8-13-21-38-24-30-16-11-9-12-17-30;1-16(2,26)10-7-12-9(8-21-24-12)6-13(10)23-15(25)11-4-3-5-14(22-11)17(18,19)20/h3,14-15,19-20,22-23,25-27,29-30,38H,4-13,16-18,21,24,28H2,1-2H3,(H,40,44);3-8,26H,1-2H3,(H,21,24)(H,23,25)/b15-3-,35-27+;. The van der Waals surface area contributed by atoms with Gasteiger partial charge in [0.1, 0.15) is 17.9 Å². The molecule has 0 aliphatic heterocycles. The average Bonchev–Trinajstić information content (AvgIpc) is 3.83. The van der Waals surface area contributed by atoms with E-state index in [4.69, 9.17) is 0 Å². The lowest BCUT2D eigenvalue weighted by Gasteiger charge is -2.22. The number of fused-ring (bicyclic) bond motifs is 1. The smallest absolute Gasteiger partial charge is 0.433 e. The van der Waals surface area contributed by atoms with Gasteiger partial charge in [-0.3, -0.25) is 29.3 Å². The Hall–Kier alpha value is -6.72. The van der Waals surface area contributed by atoms with Crippen LogP contribution in [0.5, 0.6) is 0 Å². The fourth-order valence-corrected chi connectivity index (χ4v) is 8.29. The molecule has 6 rings (SSSR count). The lowest BCUT2D eigenvalue weighted by atomic mass is 9.89. The van der Waals surface area contributed by atoms with Crippen molar-refractivity contribution in [1.29, 1.82) is 0 Å². The van der Waals surface area contributed by atoms with Crippen molar-refractivity contribution < 1.29 is 42.2 Å². The van der Waals surface area contributed by atoms with Crippen molar-refractivity contribution in [3.63, 3.8) is 0 Å². The molecule has 0 radical (unpaired) electrons. The number of nitrogens with zero attached hydrogens (tertiary/aromatic N) is 4. The van der Waals surface area contributed by atoms with Crippen LogP contribution in [0.4, 0.5) is 18.9 Å². The topological polar surface area (TPSA) is 192 Å². The maximum absolute atomic E-state index is 13.1. The zero-order chi connectivity index (χ0) is 51.2. The number of ether oxygens (including phenoxy) is 1. The molecule has 0 bridgehead atoms. The number of nitrogens with one attached hydrogen (secondary N) is 4. The molecule has 0 saturated heterocycles. The van der Waals surface area contributed by atoms with Gasteiger partial charge in [0.05, 0.1) is 30.1 Å². The third-order valence-corrected chi connectivity index (χ3v) is 12.1. The lowest BCUT2D eigenvalue weighted by molar-refractivity contribution is -0.143. The number of aryl methyl sites for hydroxylation is 1. The number of rotatable bonds is 23. The first-order valence-corrected chi connectivity index (χ1v) is 24.3. The Kier molecular flexibility index (Phi) is 21.5. The maximum Gasteiger partial charge on any atom is 0.433 e. The summed E-state index contributed by atoms with van der Waals surface area (Å²) in [4.78, 5) is 57.5. The number of anilines is 1. The molecule has 2 aromatic carbocycles. The molecule has 1 aliphatic carbocycles. The van der Waals surface area contributed by atoms with E-state index in [1.54, 1.807) is 37.3 Å². The summed E-state index contributed by atoms with van der Waals surface area (Å²) in [6.45, 7) is 6.99. The van der Waals surface area contributed by atoms with Gasteiger partial charge in [0.25, 0.3) is 11.8 Å². The fourth-order valence-electron chi connectivity index (χ4n) is 8.29. The molecule has 3 aromatic heterocycles. The molecular formula is C54H67F3N8O6. The average molecular weight is 981 g/mol. The van der Waals surface area contributed by atoms with Crippen molar-refractivity contribution >= 4 is 40.8 Å². The predicted octanol–water partition coefficient (Wildman–Crippen LogP) is 10.4. The van der Waals surface area contributed by atoms with Crippen LogP contribution in [0.15, 0.2) is 103 Å². The van der Waals surface area contributed by atoms with E-state index < -0.39 is 29.3 Å². The highest BCUT2D eigenvalue weighted by molar-refractivity contribution is 6.04. The molecule has 71 heavy (non-hydrogen) atoms. The van der Waals surface area contributed by atoms with Gasteiger partial charge in [0.2, 0.25) is 6.41 Å². The number of halogens is 3. The number of aromatic nitrogens is 4. The minimum absolute atomic E-state index is 0.256. The summed E-state index contributed by atoms with van der Waals surface area (Å²) in [5, 5.41) is 26.7. The molecule has 0 spiro atoms. The van der Waals surface area contributed by atoms with E-state index in [-0.39, 0.29) is 23.8 Å². The molecule has 5 N–H and O–H groups in total. The Morgan fingerprint density at radius 1 is 0.887 bits per heavy atom. The Morgan fingerprint density at radius 2 is 1.62 bits per heavy atom. The van der Waals surface area contributed by atoms with Crippen LogP contribution < -0.4 is 16.0 Å². The van der Waals surface area contributed by atoms with Crippen LogP contribution in [-0.2, 0) is 32.5 Å². The Morgan fingerprint density at radius 3 is 2.32 bits per heavy atom. The van der Waals surface area contributed by atoms with Gasteiger partial charge >= 0.3 is 12.1 Å². The summed E-state index contributed by atoms with van der Waals surface area (Å²) in [5.41, 5.74) is 2.37. The number of benzene rings is 2. The number of amides is 3. The fraction of sp³-hybridized carbons (Fsp3) is 0.426. The van der Waals surface area contributed by atoms with Gasteiger partial charge in [-0.2, -0.15) is 18.3 Å². The first-order chi connectivity index (χ1) is 34.1. The van der Waals surface area contributed by atoms with E-state index in [0.717, 1.165) is 46.9 Å². The molecule has 1 fully saturated rings. The van der Waals surface area contributed by atoms with Crippen LogP contribution >= 0.6 is 0 Å². The number of H-pyrrole nitrogens is 1. The lowest BCUT2D eigenvalue weighted by Crippen LogP contribution is -2.28. The second kappa shape index (κ2) is 27.6. The number of carbonyl (C=O) groups excluding carboxylic acids is 4. The molecule has 3 heterocycles. The zero-order valence-electron chi connectivity index (χ0n) is 41.1. The van der Waals surface area contributed by atoms with Crippen molar-refractivity contribution in [3.8, 4) is 11.1 Å². The number of esters is 1. The van der Waals surface area contributed by atoms with Crippen molar-refractivity contribution in [2.24, 2.45) is 5.92 Å². The molecule has 0 atom stereocenters. The number of methoxy groups -OCH3 is 1. The van der Waals surface area contributed by atoms with Crippen LogP contribution in [0.25, 0.3) is 22.0 Å². The Bertz CT molecular complexity index is 2580. The second-order valence-electron chi connectivity index (χ2n) is 18.3. The molecule has 1 aliphatic rings. The van der Waals surface area contributed by atoms with Crippen LogP contribution in [0.2, 0.25) is 0 Å². The summed E-state index contributed by atoms with van der Waals surface area (Å²) in [6, 6.07) is 15.8. The summed E-state index contributed by atoms with van der Waals surface area (Å²) in [6.07, 6.45) is 22.9. The molecule has 17 heteroatoms. The SMILES string of the molecule is C/C=C\C(=C/N(C=O)CC(=O)OC)NC(=O)c1cccc(-c2cncc(CCCCCCCCCNCC3CCCCC3)c2)c1.CC(C)(O)c1cc2[nH]ncc2cc1NC(=O)c1cccc(C(F)(F)F)n1. The third-order valence-electron chi connectivity index (χ3n) is 12.1. The highest BCUT2D eigenvalue weighted by atomic mass is 19.4. The van der Waals surface area contributed by atoms with E-state index in [0.29, 0.717) is 34.1 Å². The molecule has 3 amide bonds. The molecular weight excluding hydrogens is 914 g/mol. The summed E-state index contributed by atoms with van der Waals surface area (Å²) in [5.74, 6) is -0.790. The monoisotopic (exact) mass is 981 g/mol. The Labute approximate surface area is 414 Å². The van der Waals surface area contributed by atoms with E-state index in [1.165, 1.54) is 129 Å². The van der Waals surface area contributed by atoms with E-state index in [1.807, 2.05) is 30.6 Å². The van der Waals surface area contributed by atoms with Crippen LogP contribution in [0.3, 0.4) is 0 Å². The largest absolute Gasteiger partial charge is 0.468 e. The van der Waals surface area contributed by atoms with Gasteiger partial charge < -0.3 is 30.7 Å². The minimum Gasteiger partial charge on any atom is -0.468 e. The molecule has 14 nitrogen and oxygen atoms in total. The number of unbranched alkanes of at least 4 members (excludes halogenated alkanes) is 6. The zero-order valence-corrected chi connectivity index (χ0v) is 41.1. The number of aliphatic hydroxyl groups is 1. The first kappa shape index (κ1) is 55.2. The van der Waals surface area contributed by atoms with Crippen molar-refractivity contribution in [3.05, 3.63) is 131 Å². The quantitative estimate of drug-likeness (QED) is 0.0182. The van der Waals surface area contributed by atoms with E-state index in [9.17, 15) is 37.5 Å². The molecule has 0 unspecified atom stereocenters. The number of allylic oxidation sites excluding steroid dienone is 2. The number of aromatic amines is 1. The second-order valence-corrected chi connectivity index (χ2v) is 18.3.